The molecule has 1 aromatic carbocycles. The number of rotatable bonds is 3. The predicted molar refractivity (Wildman–Crippen MR) is 76.0 cm³/mol. The van der Waals surface area contributed by atoms with Gasteiger partial charge in [0.1, 0.15) is 0 Å². The topological polar surface area (TPSA) is 38.7 Å². The maximum atomic E-state index is 10.4. The molecule has 1 aliphatic heterocycles. The number of ether oxygens (including phenoxy) is 2. The summed E-state index contributed by atoms with van der Waals surface area (Å²) in [7, 11) is 0. The molecule has 0 aliphatic carbocycles. The van der Waals surface area contributed by atoms with Crippen LogP contribution in [-0.4, -0.2) is 18.3 Å². The highest BCUT2D eigenvalue weighted by Crippen LogP contribution is 2.40. The van der Waals surface area contributed by atoms with Crippen LogP contribution in [0.2, 0.25) is 5.02 Å². The van der Waals surface area contributed by atoms with Gasteiger partial charge in [-0.15, -0.1) is 0 Å². The van der Waals surface area contributed by atoms with Gasteiger partial charge in [0.05, 0.1) is 24.3 Å². The molecular weight excluding hydrogens is 264 g/mol. The van der Waals surface area contributed by atoms with Crippen LogP contribution in [0.4, 0.5) is 0 Å². The monoisotopic (exact) mass is 284 g/mol. The van der Waals surface area contributed by atoms with Crippen LogP contribution in [0.1, 0.15) is 38.9 Å². The summed E-state index contributed by atoms with van der Waals surface area (Å²) in [6.45, 7) is 7.46. The minimum Gasteiger partial charge on any atom is -0.490 e. The fraction of sp³-hybridized carbons (Fsp3) is 0.600. The van der Waals surface area contributed by atoms with Crippen molar-refractivity contribution in [3.63, 3.8) is 0 Å². The molecule has 2 atom stereocenters. The third-order valence-corrected chi connectivity index (χ3v) is 4.06. The van der Waals surface area contributed by atoms with Crippen molar-refractivity contribution in [2.75, 3.05) is 13.2 Å². The van der Waals surface area contributed by atoms with Gasteiger partial charge in [0.15, 0.2) is 11.5 Å². The molecule has 19 heavy (non-hydrogen) atoms. The molecule has 1 N–H and O–H groups in total. The number of hydrogen-bond donors (Lipinski definition) is 1. The van der Waals surface area contributed by atoms with E-state index >= 15 is 0 Å². The van der Waals surface area contributed by atoms with Gasteiger partial charge in [0.25, 0.3) is 0 Å². The minimum absolute atomic E-state index is 0.127. The summed E-state index contributed by atoms with van der Waals surface area (Å²) in [5.41, 5.74) is 0.715. The van der Waals surface area contributed by atoms with Crippen LogP contribution in [0, 0.1) is 11.8 Å². The van der Waals surface area contributed by atoms with E-state index in [0.29, 0.717) is 41.2 Å². The Labute approximate surface area is 119 Å². The smallest absolute Gasteiger partial charge is 0.162 e. The molecule has 2 rings (SSSR count). The first kappa shape index (κ1) is 14.5. The van der Waals surface area contributed by atoms with Gasteiger partial charge in [-0.05, 0) is 17.9 Å². The number of benzene rings is 1. The molecule has 4 heteroatoms. The van der Waals surface area contributed by atoms with Gasteiger partial charge in [-0.1, -0.05) is 32.4 Å². The molecular formula is C15H21ClO3. The third-order valence-electron chi connectivity index (χ3n) is 3.74. The Kier molecular flexibility index (Phi) is 4.58. The zero-order valence-electron chi connectivity index (χ0n) is 11.6. The highest BCUT2D eigenvalue weighted by Gasteiger charge is 2.24. The molecule has 3 nitrogen and oxygen atoms in total. The molecule has 0 spiro atoms. The van der Waals surface area contributed by atoms with E-state index in [9.17, 15) is 5.11 Å². The Bertz CT molecular complexity index is 445. The average molecular weight is 285 g/mol. The van der Waals surface area contributed by atoms with Gasteiger partial charge in [-0.3, -0.25) is 0 Å². The fourth-order valence-electron chi connectivity index (χ4n) is 2.07. The van der Waals surface area contributed by atoms with Gasteiger partial charge >= 0.3 is 0 Å². The van der Waals surface area contributed by atoms with Crippen molar-refractivity contribution >= 4 is 11.6 Å². The molecule has 1 aliphatic rings. The van der Waals surface area contributed by atoms with Gasteiger partial charge in [0, 0.05) is 18.1 Å². The lowest BCUT2D eigenvalue weighted by atomic mass is 9.88. The zero-order valence-corrected chi connectivity index (χ0v) is 12.4. The Balaban J connectivity index is 2.33. The maximum Gasteiger partial charge on any atom is 0.162 e. The number of fused-ring (bicyclic) bond motifs is 1. The predicted octanol–water partition coefficient (Wildman–Crippen LogP) is 3.83. The van der Waals surface area contributed by atoms with Crippen LogP contribution in [0.5, 0.6) is 11.5 Å². The molecule has 1 heterocycles. The molecule has 0 aromatic heterocycles. The fourth-order valence-corrected chi connectivity index (χ4v) is 2.34. The second-order valence-corrected chi connectivity index (χ2v) is 5.83. The van der Waals surface area contributed by atoms with Crippen LogP contribution in [0.25, 0.3) is 0 Å². The first-order valence-electron chi connectivity index (χ1n) is 6.77. The van der Waals surface area contributed by atoms with Crippen molar-refractivity contribution in [3.05, 3.63) is 22.7 Å². The van der Waals surface area contributed by atoms with E-state index in [4.69, 9.17) is 21.1 Å². The highest BCUT2D eigenvalue weighted by atomic mass is 35.5. The van der Waals surface area contributed by atoms with E-state index in [0.717, 1.165) is 6.42 Å². The van der Waals surface area contributed by atoms with E-state index in [1.54, 1.807) is 6.07 Å². The highest BCUT2D eigenvalue weighted by molar-refractivity contribution is 6.31. The average Bonchev–Trinajstić information content (AvgIpc) is 2.60. The summed E-state index contributed by atoms with van der Waals surface area (Å²) >= 11 is 6.26. The third kappa shape index (κ3) is 3.15. The molecule has 2 unspecified atom stereocenters. The molecule has 1 aromatic rings. The van der Waals surface area contributed by atoms with E-state index in [-0.39, 0.29) is 5.92 Å². The molecule has 106 valence electrons. The van der Waals surface area contributed by atoms with E-state index in [2.05, 4.69) is 13.8 Å². The number of halogens is 1. The van der Waals surface area contributed by atoms with Crippen molar-refractivity contribution in [2.24, 2.45) is 11.8 Å². The second kappa shape index (κ2) is 6.02. The van der Waals surface area contributed by atoms with Crippen LogP contribution in [0.3, 0.4) is 0 Å². The summed E-state index contributed by atoms with van der Waals surface area (Å²) in [6.07, 6.45) is 0.261. The molecule has 0 saturated heterocycles. The lowest BCUT2D eigenvalue weighted by Gasteiger charge is -2.24. The van der Waals surface area contributed by atoms with Crippen LogP contribution in [0.15, 0.2) is 12.1 Å². The van der Waals surface area contributed by atoms with E-state index < -0.39 is 6.10 Å². The summed E-state index contributed by atoms with van der Waals surface area (Å²) in [5, 5.41) is 11.0. The normalized spacial score (nSPS) is 18.0. The van der Waals surface area contributed by atoms with E-state index in [1.165, 1.54) is 0 Å². The SMILES string of the molecule is CC(C)C(C)C(O)c1cc2c(cc1Cl)OCCCO2. The van der Waals surface area contributed by atoms with Gasteiger partial charge < -0.3 is 14.6 Å². The van der Waals surface area contributed by atoms with Gasteiger partial charge in [-0.25, -0.2) is 0 Å². The van der Waals surface area contributed by atoms with Crippen LogP contribution >= 0.6 is 11.6 Å². The van der Waals surface area contributed by atoms with Crippen molar-refractivity contribution in [1.29, 1.82) is 0 Å². The van der Waals surface area contributed by atoms with Gasteiger partial charge in [-0.2, -0.15) is 0 Å². The van der Waals surface area contributed by atoms with E-state index in [1.807, 2.05) is 13.0 Å². The number of aliphatic hydroxyl groups is 1. The first-order chi connectivity index (χ1) is 9.00. The molecule has 0 amide bonds. The number of hydrogen-bond acceptors (Lipinski definition) is 3. The van der Waals surface area contributed by atoms with Crippen molar-refractivity contribution in [1.82, 2.24) is 0 Å². The quantitative estimate of drug-likeness (QED) is 0.917. The summed E-state index contributed by atoms with van der Waals surface area (Å²) < 4.78 is 11.2. The van der Waals surface area contributed by atoms with Crippen LogP contribution in [-0.2, 0) is 0 Å². The minimum atomic E-state index is -0.593. The second-order valence-electron chi connectivity index (χ2n) is 5.42. The molecule has 0 bridgehead atoms. The van der Waals surface area contributed by atoms with Gasteiger partial charge in [0.2, 0.25) is 0 Å². The first-order valence-corrected chi connectivity index (χ1v) is 7.15. The lowest BCUT2D eigenvalue weighted by Crippen LogP contribution is -2.15. The Morgan fingerprint density at radius 3 is 2.26 bits per heavy atom. The lowest BCUT2D eigenvalue weighted by molar-refractivity contribution is 0.0919. The maximum absolute atomic E-state index is 10.4. The molecule has 0 fully saturated rings. The largest absolute Gasteiger partial charge is 0.490 e. The Morgan fingerprint density at radius 2 is 1.68 bits per heavy atom. The Hall–Kier alpha value is -0.930. The van der Waals surface area contributed by atoms with Crippen LogP contribution < -0.4 is 9.47 Å². The molecule has 0 saturated carbocycles. The van der Waals surface area contributed by atoms with Crippen molar-refractivity contribution in [3.8, 4) is 11.5 Å². The standard InChI is InChI=1S/C15H21ClO3/c1-9(2)10(3)15(17)11-7-13-14(8-12(11)16)19-6-4-5-18-13/h7-10,15,17H,4-6H2,1-3H3. The Morgan fingerprint density at radius 1 is 1.11 bits per heavy atom. The van der Waals surface area contributed by atoms with Crippen molar-refractivity contribution in [2.45, 2.75) is 33.3 Å². The summed E-state index contributed by atoms with van der Waals surface area (Å²) in [6, 6.07) is 3.56. The zero-order chi connectivity index (χ0) is 14.0. The summed E-state index contributed by atoms with van der Waals surface area (Å²) in [5.74, 6) is 1.84. The number of aliphatic hydroxyl groups excluding tert-OH is 1. The molecule has 0 radical (unpaired) electrons. The van der Waals surface area contributed by atoms with Crippen molar-refractivity contribution < 1.29 is 14.6 Å². The summed E-state index contributed by atoms with van der Waals surface area (Å²) in [4.78, 5) is 0.